The van der Waals surface area contributed by atoms with Crippen molar-refractivity contribution in [3.8, 4) is 0 Å². The Hall–Kier alpha value is -2.52. The number of ether oxygens (including phenoxy) is 4. The van der Waals surface area contributed by atoms with Crippen LogP contribution in [-0.4, -0.2) is 64.1 Å². The second-order valence-electron chi connectivity index (χ2n) is 14.0. The Morgan fingerprint density at radius 1 is 1.19 bits per heavy atom. The quantitative estimate of drug-likeness (QED) is 0.380. The van der Waals surface area contributed by atoms with Gasteiger partial charge in [-0.3, -0.25) is 4.79 Å². The Morgan fingerprint density at radius 2 is 1.88 bits per heavy atom. The van der Waals surface area contributed by atoms with Crippen molar-refractivity contribution in [3.63, 3.8) is 0 Å². The molecule has 1 aromatic rings. The number of aliphatic hydroxyl groups excluding tert-OH is 1. The van der Waals surface area contributed by atoms with Crippen molar-refractivity contribution in [2.24, 2.45) is 28.6 Å². The molecule has 1 saturated heterocycles. The molecule has 1 aliphatic heterocycles. The smallest absolute Gasteiger partial charge is 0.338 e. The van der Waals surface area contributed by atoms with Crippen LogP contribution >= 0.6 is 0 Å². The first kappa shape index (κ1) is 29.5. The van der Waals surface area contributed by atoms with Gasteiger partial charge in [0.25, 0.3) is 0 Å². The normalized spacial score (nSPS) is 44.1. The van der Waals surface area contributed by atoms with E-state index in [2.05, 4.69) is 20.4 Å². The Kier molecular flexibility index (Phi) is 6.86. The van der Waals surface area contributed by atoms with E-state index in [1.165, 1.54) is 6.92 Å². The van der Waals surface area contributed by atoms with Crippen LogP contribution in [0.2, 0.25) is 0 Å². The Bertz CT molecular complexity index is 1310. The average molecular weight is 581 g/mol. The first-order valence-corrected chi connectivity index (χ1v) is 15.2. The third-order valence-electron chi connectivity index (χ3n) is 11.6. The van der Waals surface area contributed by atoms with Gasteiger partial charge >= 0.3 is 11.9 Å². The van der Waals surface area contributed by atoms with Crippen molar-refractivity contribution in [2.75, 3.05) is 0 Å². The maximum absolute atomic E-state index is 14.0. The molecule has 5 aliphatic rings. The molecule has 0 radical (unpaired) electrons. The molecule has 4 aliphatic carbocycles. The van der Waals surface area contributed by atoms with Gasteiger partial charge in [-0.15, -0.1) is 0 Å². The number of carbonyl (C=O) groups excluding carboxylic acids is 2. The Morgan fingerprint density at radius 3 is 2.45 bits per heavy atom. The molecule has 2 N–H and O–H groups in total. The van der Waals surface area contributed by atoms with Crippen LogP contribution in [0.4, 0.5) is 0 Å². The van der Waals surface area contributed by atoms with E-state index in [-0.39, 0.29) is 24.4 Å². The predicted molar refractivity (Wildman–Crippen MR) is 154 cm³/mol. The van der Waals surface area contributed by atoms with Crippen molar-refractivity contribution in [2.45, 2.75) is 109 Å². The topological polar surface area (TPSA) is 112 Å². The highest BCUT2D eigenvalue weighted by Gasteiger charge is 2.79. The summed E-state index contributed by atoms with van der Waals surface area (Å²) in [7, 11) is 0. The van der Waals surface area contributed by atoms with Gasteiger partial charge in [0.2, 0.25) is 0 Å². The van der Waals surface area contributed by atoms with Crippen LogP contribution in [0.5, 0.6) is 0 Å². The Balaban J connectivity index is 1.67. The largest absolute Gasteiger partial charge is 0.458 e. The molecule has 1 aromatic carbocycles. The molecule has 0 amide bonds. The summed E-state index contributed by atoms with van der Waals surface area (Å²) in [5, 5.41) is 23.7. The van der Waals surface area contributed by atoms with Gasteiger partial charge in [0.15, 0.2) is 6.29 Å². The molecule has 4 fully saturated rings. The molecule has 228 valence electrons. The second-order valence-corrected chi connectivity index (χ2v) is 14.0. The molecular weight excluding hydrogens is 536 g/mol. The molecule has 1 unspecified atom stereocenters. The summed E-state index contributed by atoms with van der Waals surface area (Å²) in [5.41, 5.74) is -2.41. The van der Waals surface area contributed by atoms with Gasteiger partial charge in [-0.05, 0) is 70.2 Å². The van der Waals surface area contributed by atoms with E-state index < -0.39 is 64.5 Å². The zero-order valence-electron chi connectivity index (χ0n) is 25.5. The number of aliphatic hydroxyl groups is 2. The third-order valence-corrected chi connectivity index (χ3v) is 11.6. The summed E-state index contributed by atoms with van der Waals surface area (Å²) in [6.45, 7) is 14.9. The molecule has 0 bridgehead atoms. The van der Waals surface area contributed by atoms with Gasteiger partial charge in [0, 0.05) is 30.1 Å². The SMILES string of the molecule is C=C[C@@H]1O[C@H]2C[C@H]3CC[C@@]3(OC(C)=O)[C@H]3[C@H](OC(=O)c4ccccc4)[C@]4(C(C)(C)O)CC(O)C(C)=C4[C@H](C)[C@H](O1)[C@]23C. The van der Waals surface area contributed by atoms with E-state index in [9.17, 15) is 19.8 Å². The van der Waals surface area contributed by atoms with Crippen LogP contribution < -0.4 is 0 Å². The van der Waals surface area contributed by atoms with Gasteiger partial charge in [-0.1, -0.05) is 44.2 Å². The number of fused-ring (bicyclic) bond motifs is 3. The van der Waals surface area contributed by atoms with Crippen LogP contribution in [0.25, 0.3) is 0 Å². The fourth-order valence-electron chi connectivity index (χ4n) is 9.89. The molecule has 11 atom stereocenters. The van der Waals surface area contributed by atoms with Crippen molar-refractivity contribution < 1.29 is 38.7 Å². The van der Waals surface area contributed by atoms with Crippen LogP contribution in [-0.2, 0) is 23.7 Å². The maximum atomic E-state index is 14.0. The van der Waals surface area contributed by atoms with E-state index >= 15 is 0 Å². The summed E-state index contributed by atoms with van der Waals surface area (Å²) in [4.78, 5) is 26.8. The number of esters is 2. The van der Waals surface area contributed by atoms with Gasteiger partial charge < -0.3 is 29.2 Å². The monoisotopic (exact) mass is 580 g/mol. The number of hydrogen-bond acceptors (Lipinski definition) is 8. The second kappa shape index (κ2) is 9.74. The minimum absolute atomic E-state index is 0.0290. The highest BCUT2D eigenvalue weighted by molar-refractivity contribution is 5.89. The number of benzene rings is 1. The van der Waals surface area contributed by atoms with E-state index in [1.54, 1.807) is 44.2 Å². The number of rotatable bonds is 5. The molecule has 6 rings (SSSR count). The van der Waals surface area contributed by atoms with E-state index in [0.29, 0.717) is 18.4 Å². The van der Waals surface area contributed by atoms with Crippen LogP contribution in [0.3, 0.4) is 0 Å². The lowest BCUT2D eigenvalue weighted by Gasteiger charge is -2.68. The predicted octanol–water partition coefficient (Wildman–Crippen LogP) is 4.73. The molecular formula is C34H44O8. The maximum Gasteiger partial charge on any atom is 0.338 e. The first-order chi connectivity index (χ1) is 19.7. The van der Waals surface area contributed by atoms with Gasteiger partial charge in [-0.25, -0.2) is 4.79 Å². The van der Waals surface area contributed by atoms with Crippen molar-refractivity contribution in [1.29, 1.82) is 0 Å². The fourth-order valence-corrected chi connectivity index (χ4v) is 9.89. The lowest BCUT2D eigenvalue weighted by molar-refractivity contribution is -0.361. The average Bonchev–Trinajstić information content (AvgIpc) is 3.17. The highest BCUT2D eigenvalue weighted by atomic mass is 16.7. The highest BCUT2D eigenvalue weighted by Crippen LogP contribution is 2.72. The minimum Gasteiger partial charge on any atom is -0.458 e. The van der Waals surface area contributed by atoms with E-state index in [0.717, 1.165) is 17.6 Å². The molecule has 42 heavy (non-hydrogen) atoms. The standard InChI is InChI=1S/C34H44O8/c1-8-25-39-24-16-22-14-15-34(22,42-20(4)35)27-29(41-30(37)21-12-10-9-11-13-21)33(31(5,6)38)17-23(36)18(2)26(33)19(3)28(40-25)32(24,27)7/h8-13,19,22-25,27-29,36,38H,1,14-17H2,2-7H3/t19-,22+,23?,24-,25+,27-,28-,29-,32+,33-,34-/m0/s1. The molecule has 8 heteroatoms. The van der Waals surface area contributed by atoms with Crippen LogP contribution in [0.15, 0.2) is 54.1 Å². The van der Waals surface area contributed by atoms with Crippen molar-refractivity contribution >= 4 is 11.9 Å². The number of carbonyl (C=O) groups is 2. The Labute approximate surface area is 248 Å². The summed E-state index contributed by atoms with van der Waals surface area (Å²) in [5.74, 6) is -1.85. The van der Waals surface area contributed by atoms with Gasteiger partial charge in [0.05, 0.1) is 34.9 Å². The molecule has 3 saturated carbocycles. The summed E-state index contributed by atoms with van der Waals surface area (Å²) in [6.07, 6.45) is 0.661. The van der Waals surface area contributed by atoms with E-state index in [4.69, 9.17) is 18.9 Å². The van der Waals surface area contributed by atoms with Crippen LogP contribution in [0.1, 0.15) is 77.6 Å². The molecule has 8 nitrogen and oxygen atoms in total. The summed E-state index contributed by atoms with van der Waals surface area (Å²) >= 11 is 0. The summed E-state index contributed by atoms with van der Waals surface area (Å²) < 4.78 is 26.3. The first-order valence-electron chi connectivity index (χ1n) is 15.2. The van der Waals surface area contributed by atoms with E-state index in [1.807, 2.05) is 13.0 Å². The van der Waals surface area contributed by atoms with Crippen molar-refractivity contribution in [3.05, 3.63) is 59.7 Å². The summed E-state index contributed by atoms with van der Waals surface area (Å²) in [6, 6.07) is 8.79. The zero-order valence-corrected chi connectivity index (χ0v) is 25.5. The minimum atomic E-state index is -1.44. The number of hydrogen-bond donors (Lipinski definition) is 2. The van der Waals surface area contributed by atoms with Gasteiger partial charge in [0.1, 0.15) is 11.7 Å². The zero-order chi connectivity index (χ0) is 30.4. The van der Waals surface area contributed by atoms with Crippen LogP contribution in [0, 0.1) is 28.6 Å². The van der Waals surface area contributed by atoms with Gasteiger partial charge in [-0.2, -0.15) is 0 Å². The lowest BCUT2D eigenvalue weighted by atomic mass is 9.43. The fraction of sp³-hybridized carbons (Fsp3) is 0.647. The lowest BCUT2D eigenvalue weighted by Crippen LogP contribution is -2.75. The third kappa shape index (κ3) is 3.81. The molecule has 0 spiro atoms. The molecule has 1 heterocycles. The van der Waals surface area contributed by atoms with Crippen molar-refractivity contribution in [1.82, 2.24) is 0 Å². The molecule has 0 aromatic heterocycles.